The molecule has 33 heavy (non-hydrogen) atoms. The molecule has 0 unspecified atom stereocenters. The fourth-order valence-corrected chi connectivity index (χ4v) is 4.29. The number of thiazole rings is 1. The van der Waals surface area contributed by atoms with Crippen molar-refractivity contribution < 1.29 is 19.4 Å². The van der Waals surface area contributed by atoms with E-state index in [0.717, 1.165) is 27.1 Å². The molecule has 0 aliphatic carbocycles. The van der Waals surface area contributed by atoms with Crippen LogP contribution in [0.5, 0.6) is 0 Å². The van der Waals surface area contributed by atoms with E-state index in [-0.39, 0.29) is 18.9 Å². The standard InChI is InChI=1S/C24H26N2O4S2.Li.H/c1-16-5-3-4-6-19(16)21-11-17(13-30-14-18-12-25-15-32-18)7-8-20(21)23(27)26-22(24(28)29)9-10-31-2;;/h3-8,11-12,15,22H,9-10,13-14H2,1-2H3,(H,26,27)(H,28,29);;/t22-;;/m0../s1. The van der Waals surface area contributed by atoms with E-state index in [1.54, 1.807) is 40.9 Å². The van der Waals surface area contributed by atoms with Crippen molar-refractivity contribution in [1.29, 1.82) is 0 Å². The van der Waals surface area contributed by atoms with Crippen molar-refractivity contribution in [3.8, 4) is 11.1 Å². The third-order valence-electron chi connectivity index (χ3n) is 4.97. The van der Waals surface area contributed by atoms with E-state index in [9.17, 15) is 14.7 Å². The minimum absolute atomic E-state index is 0. The first-order chi connectivity index (χ1) is 15.5. The van der Waals surface area contributed by atoms with Crippen LogP contribution in [0.3, 0.4) is 0 Å². The molecule has 0 aliphatic heterocycles. The number of nitrogens with one attached hydrogen (secondary N) is 1. The quantitative estimate of drug-likeness (QED) is 0.403. The average Bonchev–Trinajstić information content (AvgIpc) is 3.30. The Bertz CT molecular complexity index is 1060. The Balaban J connectivity index is 0.00000385. The Kier molecular flexibility index (Phi) is 11.2. The predicted molar refractivity (Wildman–Crippen MR) is 136 cm³/mol. The van der Waals surface area contributed by atoms with Gasteiger partial charge in [-0.15, -0.1) is 11.3 Å². The topological polar surface area (TPSA) is 88.5 Å². The molecule has 1 heterocycles. The molecule has 0 aliphatic rings. The number of carboxylic acid groups (broad SMARTS) is 1. The van der Waals surface area contributed by atoms with Crippen LogP contribution in [0.1, 0.15) is 32.8 Å². The summed E-state index contributed by atoms with van der Waals surface area (Å²) < 4.78 is 5.82. The number of rotatable bonds is 11. The summed E-state index contributed by atoms with van der Waals surface area (Å²) >= 11 is 3.09. The van der Waals surface area contributed by atoms with Crippen molar-refractivity contribution in [2.24, 2.45) is 0 Å². The number of carbonyl (C=O) groups is 2. The van der Waals surface area contributed by atoms with Gasteiger partial charge in [0.25, 0.3) is 5.91 Å². The van der Waals surface area contributed by atoms with Crippen LogP contribution in [0.2, 0.25) is 0 Å². The van der Waals surface area contributed by atoms with Gasteiger partial charge in [0.05, 0.1) is 23.6 Å². The minimum atomic E-state index is -1.03. The first-order valence-corrected chi connectivity index (χ1v) is 12.4. The number of benzene rings is 2. The SMILES string of the molecule is CSCC[C@H](NC(=O)c1ccc(COCc2cncs2)cc1-c1ccccc1C)C(=O)O.[LiH]. The van der Waals surface area contributed by atoms with Crippen molar-refractivity contribution >= 4 is 53.8 Å². The molecular formula is C24H27LiN2O4S2. The number of carbonyl (C=O) groups excluding carboxylic acids is 1. The normalized spacial score (nSPS) is 11.5. The van der Waals surface area contributed by atoms with Crippen LogP contribution in [0, 0.1) is 6.92 Å². The number of aliphatic carboxylic acids is 1. The van der Waals surface area contributed by atoms with Gasteiger partial charge in [0, 0.05) is 11.8 Å². The molecule has 0 radical (unpaired) electrons. The molecule has 9 heteroatoms. The molecular weight excluding hydrogens is 451 g/mol. The zero-order valence-electron chi connectivity index (χ0n) is 18.0. The average molecular weight is 479 g/mol. The van der Waals surface area contributed by atoms with Crippen LogP contribution in [0.4, 0.5) is 0 Å². The molecule has 0 spiro atoms. The van der Waals surface area contributed by atoms with E-state index in [1.165, 1.54) is 0 Å². The predicted octanol–water partition coefficient (Wildman–Crippen LogP) is 4.12. The van der Waals surface area contributed by atoms with Crippen LogP contribution in [0.15, 0.2) is 54.2 Å². The van der Waals surface area contributed by atoms with Crippen molar-refractivity contribution in [1.82, 2.24) is 10.3 Å². The molecule has 1 atom stereocenters. The molecule has 2 aromatic carbocycles. The summed E-state index contributed by atoms with van der Waals surface area (Å²) in [6, 6.07) is 12.4. The third kappa shape index (κ3) is 7.73. The van der Waals surface area contributed by atoms with Gasteiger partial charge in [-0.3, -0.25) is 9.78 Å². The first kappa shape index (κ1) is 27.2. The van der Waals surface area contributed by atoms with Crippen molar-refractivity contribution in [3.63, 3.8) is 0 Å². The zero-order valence-corrected chi connectivity index (χ0v) is 19.7. The summed E-state index contributed by atoms with van der Waals surface area (Å²) in [6.45, 7) is 2.86. The summed E-state index contributed by atoms with van der Waals surface area (Å²) in [5, 5.41) is 12.2. The van der Waals surface area contributed by atoms with Gasteiger partial charge in [-0.25, -0.2) is 4.79 Å². The second kappa shape index (κ2) is 13.6. The summed E-state index contributed by atoms with van der Waals surface area (Å²) in [7, 11) is 0. The molecule has 1 amide bonds. The zero-order chi connectivity index (χ0) is 22.9. The van der Waals surface area contributed by atoms with Gasteiger partial charge in [-0.1, -0.05) is 30.3 Å². The molecule has 1 aromatic heterocycles. The first-order valence-electron chi connectivity index (χ1n) is 10.2. The number of ether oxygens (including phenoxy) is 1. The van der Waals surface area contributed by atoms with Gasteiger partial charge in [-0.2, -0.15) is 11.8 Å². The van der Waals surface area contributed by atoms with Crippen LogP contribution >= 0.6 is 23.1 Å². The number of amides is 1. The van der Waals surface area contributed by atoms with Gasteiger partial charge in [-0.05, 0) is 59.7 Å². The number of carboxylic acids is 1. The van der Waals surface area contributed by atoms with Gasteiger partial charge in [0.2, 0.25) is 0 Å². The van der Waals surface area contributed by atoms with Crippen LogP contribution in [-0.4, -0.2) is 58.9 Å². The fraction of sp³-hybridized carbons (Fsp3) is 0.292. The summed E-state index contributed by atoms with van der Waals surface area (Å²) in [6.07, 6.45) is 4.06. The monoisotopic (exact) mass is 478 g/mol. The van der Waals surface area contributed by atoms with Crippen molar-refractivity contribution in [2.75, 3.05) is 12.0 Å². The molecule has 3 rings (SSSR count). The van der Waals surface area contributed by atoms with Crippen LogP contribution in [0.25, 0.3) is 11.1 Å². The number of aryl methyl sites for hydroxylation is 1. The summed E-state index contributed by atoms with van der Waals surface area (Å²) in [4.78, 5) is 29.8. The second-order valence-electron chi connectivity index (χ2n) is 7.30. The Morgan fingerprint density at radius 2 is 1.97 bits per heavy atom. The fourth-order valence-electron chi connectivity index (χ4n) is 3.29. The third-order valence-corrected chi connectivity index (χ3v) is 6.37. The van der Waals surface area contributed by atoms with Crippen molar-refractivity contribution in [2.45, 2.75) is 32.6 Å². The van der Waals surface area contributed by atoms with Gasteiger partial charge < -0.3 is 15.2 Å². The van der Waals surface area contributed by atoms with Crippen molar-refractivity contribution in [3.05, 3.63) is 75.7 Å². The Morgan fingerprint density at radius 1 is 1.18 bits per heavy atom. The van der Waals surface area contributed by atoms with Crippen LogP contribution in [-0.2, 0) is 22.7 Å². The Morgan fingerprint density at radius 3 is 2.64 bits per heavy atom. The molecule has 0 saturated heterocycles. The number of thioether (sulfide) groups is 1. The maximum atomic E-state index is 13.1. The number of nitrogens with zero attached hydrogens (tertiary/aromatic N) is 1. The molecule has 3 aromatic rings. The summed E-state index contributed by atoms with van der Waals surface area (Å²) in [5.74, 6) is -0.774. The van der Waals surface area contributed by atoms with E-state index >= 15 is 0 Å². The Hall–Kier alpha value is -2.08. The number of aromatic nitrogens is 1. The van der Waals surface area contributed by atoms with E-state index in [4.69, 9.17) is 4.74 Å². The molecule has 0 saturated carbocycles. The molecule has 170 valence electrons. The maximum absolute atomic E-state index is 13.1. The van der Waals surface area contributed by atoms with E-state index in [1.807, 2.05) is 49.6 Å². The van der Waals surface area contributed by atoms with Gasteiger partial charge in [0.15, 0.2) is 0 Å². The molecule has 6 nitrogen and oxygen atoms in total. The molecule has 0 bridgehead atoms. The van der Waals surface area contributed by atoms with Gasteiger partial charge in [0.1, 0.15) is 6.04 Å². The second-order valence-corrected chi connectivity index (χ2v) is 9.26. The number of hydrogen-bond donors (Lipinski definition) is 2. The van der Waals surface area contributed by atoms with Crippen LogP contribution < -0.4 is 5.32 Å². The molecule has 0 fully saturated rings. The Labute approximate surface area is 214 Å². The van der Waals surface area contributed by atoms with E-state index in [0.29, 0.717) is 31.0 Å². The number of hydrogen-bond acceptors (Lipinski definition) is 6. The molecule has 2 N–H and O–H groups in total. The van der Waals surface area contributed by atoms with E-state index < -0.39 is 17.9 Å². The van der Waals surface area contributed by atoms with Gasteiger partial charge >= 0.3 is 24.8 Å². The summed E-state index contributed by atoms with van der Waals surface area (Å²) in [5.41, 5.74) is 5.86. The van der Waals surface area contributed by atoms with E-state index in [2.05, 4.69) is 10.3 Å².